The van der Waals surface area contributed by atoms with Crippen LogP contribution in [0.1, 0.15) is 27.1 Å². The molecule has 3 aromatic rings. The molecular weight excluding hydrogens is 528 g/mol. The summed E-state index contributed by atoms with van der Waals surface area (Å²) in [6.07, 6.45) is -8.46. The lowest BCUT2D eigenvalue weighted by Gasteiger charge is -2.41. The number of aliphatic hydroxyl groups excluding tert-OH is 2. The van der Waals surface area contributed by atoms with Crippen molar-refractivity contribution in [3.05, 3.63) is 83.9 Å². The number of esters is 2. The highest BCUT2D eigenvalue weighted by Crippen LogP contribution is 2.28. The van der Waals surface area contributed by atoms with Crippen molar-refractivity contribution in [2.24, 2.45) is 0 Å². The molecule has 4 rings (SSSR count). The van der Waals surface area contributed by atoms with Crippen molar-refractivity contribution < 1.29 is 58.9 Å². The average Bonchev–Trinajstić information content (AvgIpc) is 2.93. The third-order valence-corrected chi connectivity index (χ3v) is 5.98. The minimum Gasteiger partial charge on any atom is -0.508 e. The number of phenols is 3. The number of ether oxygens (including phenoxy) is 4. The van der Waals surface area contributed by atoms with Crippen LogP contribution in [0.15, 0.2) is 72.8 Å². The Labute approximate surface area is 227 Å². The number of ketones is 1. The van der Waals surface area contributed by atoms with E-state index >= 15 is 0 Å². The van der Waals surface area contributed by atoms with Crippen LogP contribution in [0.5, 0.6) is 23.0 Å². The number of carbonyl (C=O) groups is 3. The fourth-order valence-electron chi connectivity index (χ4n) is 3.82. The van der Waals surface area contributed by atoms with Gasteiger partial charge in [-0.25, -0.2) is 4.79 Å². The molecule has 5 unspecified atom stereocenters. The fourth-order valence-corrected chi connectivity index (χ4v) is 3.82. The van der Waals surface area contributed by atoms with Gasteiger partial charge in [-0.05, 0) is 72.8 Å². The monoisotopic (exact) mass is 554 g/mol. The summed E-state index contributed by atoms with van der Waals surface area (Å²) in [6, 6.07) is 15.8. The van der Waals surface area contributed by atoms with Gasteiger partial charge < -0.3 is 44.5 Å². The third kappa shape index (κ3) is 7.05. The fraction of sp³-hybridized carbons (Fsp3) is 0.250. The minimum atomic E-state index is -1.75. The lowest BCUT2D eigenvalue weighted by Crippen LogP contribution is -2.61. The molecule has 1 aliphatic heterocycles. The van der Waals surface area contributed by atoms with E-state index < -0.39 is 61.5 Å². The Morgan fingerprint density at radius 1 is 0.725 bits per heavy atom. The number of phenolic OH excluding ortho intramolecular Hbond substituents is 3. The van der Waals surface area contributed by atoms with Crippen LogP contribution in [0.3, 0.4) is 0 Å². The molecule has 0 spiro atoms. The van der Waals surface area contributed by atoms with E-state index in [1.165, 1.54) is 72.8 Å². The summed E-state index contributed by atoms with van der Waals surface area (Å²) < 4.78 is 21.9. The molecule has 1 fully saturated rings. The Balaban J connectivity index is 1.44. The molecule has 12 heteroatoms. The van der Waals surface area contributed by atoms with Gasteiger partial charge in [-0.2, -0.15) is 0 Å². The molecule has 12 nitrogen and oxygen atoms in total. The predicted molar refractivity (Wildman–Crippen MR) is 135 cm³/mol. The van der Waals surface area contributed by atoms with Crippen LogP contribution in [-0.2, 0) is 19.0 Å². The van der Waals surface area contributed by atoms with Gasteiger partial charge in [0.05, 0.1) is 5.56 Å². The lowest BCUT2D eigenvalue weighted by molar-refractivity contribution is -0.277. The van der Waals surface area contributed by atoms with Gasteiger partial charge in [-0.15, -0.1) is 0 Å². The van der Waals surface area contributed by atoms with Crippen LogP contribution in [0.25, 0.3) is 0 Å². The molecule has 0 aromatic heterocycles. The van der Waals surface area contributed by atoms with Gasteiger partial charge in [0.15, 0.2) is 11.9 Å². The molecule has 5 N–H and O–H groups in total. The first-order valence-electron chi connectivity index (χ1n) is 12.1. The van der Waals surface area contributed by atoms with Crippen molar-refractivity contribution >= 4 is 17.7 Å². The summed E-state index contributed by atoms with van der Waals surface area (Å²) in [5.41, 5.74) is 0.219. The smallest absolute Gasteiger partial charge is 0.338 e. The molecule has 210 valence electrons. The van der Waals surface area contributed by atoms with Crippen LogP contribution < -0.4 is 4.74 Å². The van der Waals surface area contributed by atoms with Gasteiger partial charge in [0, 0.05) is 5.56 Å². The van der Waals surface area contributed by atoms with E-state index in [1.807, 2.05) is 0 Å². The second kappa shape index (κ2) is 12.5. The van der Waals surface area contributed by atoms with Crippen LogP contribution >= 0.6 is 0 Å². The van der Waals surface area contributed by atoms with Crippen LogP contribution in [-0.4, -0.2) is 80.6 Å². The maximum absolute atomic E-state index is 12.7. The largest absolute Gasteiger partial charge is 0.508 e. The number of hydrogen-bond acceptors (Lipinski definition) is 12. The first-order valence-corrected chi connectivity index (χ1v) is 12.1. The van der Waals surface area contributed by atoms with E-state index in [1.54, 1.807) is 0 Å². The normalized spacial score (nSPS) is 22.2. The van der Waals surface area contributed by atoms with Crippen molar-refractivity contribution in [2.75, 3.05) is 6.61 Å². The molecule has 0 saturated carbocycles. The average molecular weight is 555 g/mol. The number of benzene rings is 3. The van der Waals surface area contributed by atoms with Gasteiger partial charge in [0.1, 0.15) is 54.3 Å². The quantitative estimate of drug-likeness (QED) is 0.146. The zero-order chi connectivity index (χ0) is 28.8. The Bertz CT molecular complexity index is 1320. The van der Waals surface area contributed by atoms with E-state index in [9.17, 15) is 39.9 Å². The van der Waals surface area contributed by atoms with E-state index in [0.29, 0.717) is 0 Å². The summed E-state index contributed by atoms with van der Waals surface area (Å²) >= 11 is 0. The molecule has 0 radical (unpaired) electrons. The van der Waals surface area contributed by atoms with Gasteiger partial charge in [0.25, 0.3) is 0 Å². The van der Waals surface area contributed by atoms with Crippen molar-refractivity contribution in [3.63, 3.8) is 0 Å². The topological polar surface area (TPSA) is 189 Å². The minimum absolute atomic E-state index is 0.0391. The highest BCUT2D eigenvalue weighted by Gasteiger charge is 2.48. The van der Waals surface area contributed by atoms with Crippen LogP contribution in [0.2, 0.25) is 0 Å². The van der Waals surface area contributed by atoms with Crippen molar-refractivity contribution in [1.82, 2.24) is 0 Å². The zero-order valence-corrected chi connectivity index (χ0v) is 20.8. The maximum Gasteiger partial charge on any atom is 0.338 e. The highest BCUT2D eigenvalue weighted by molar-refractivity contribution is 6.06. The predicted octanol–water partition coefficient (Wildman–Crippen LogP) is 1.67. The number of Topliss-reactive ketones (excluding diaryl/α,β-unsaturated/α-hetero) is 1. The van der Waals surface area contributed by atoms with E-state index in [-0.39, 0.29) is 34.1 Å². The van der Waals surface area contributed by atoms with Gasteiger partial charge in [-0.1, -0.05) is 0 Å². The number of hydrogen-bond donors (Lipinski definition) is 5. The Hall–Kier alpha value is -4.65. The summed E-state index contributed by atoms with van der Waals surface area (Å²) in [7, 11) is 0. The Morgan fingerprint density at radius 3 is 1.82 bits per heavy atom. The number of aliphatic hydroxyl groups is 2. The Morgan fingerprint density at radius 2 is 1.25 bits per heavy atom. The maximum atomic E-state index is 12.7. The molecule has 0 bridgehead atoms. The molecule has 0 aliphatic carbocycles. The SMILES string of the molecule is O=C(CC(=O)c1ccc(O)cc1)OCC1OC(Oc2ccc(O)cc2)C(OC(=O)c2ccc(O)cc2)C(O)C1O. The molecule has 3 aromatic carbocycles. The lowest BCUT2D eigenvalue weighted by atomic mass is 9.99. The summed E-state index contributed by atoms with van der Waals surface area (Å²) in [5.74, 6) is -2.41. The van der Waals surface area contributed by atoms with Crippen molar-refractivity contribution in [2.45, 2.75) is 37.1 Å². The van der Waals surface area contributed by atoms with Gasteiger partial charge in [0.2, 0.25) is 6.29 Å². The molecule has 5 atom stereocenters. The standard InChI is InChI=1S/C28H26O12/c29-17-5-1-15(2-6-17)21(32)13-23(33)37-14-22-24(34)25(35)26(40-27(36)16-3-7-18(30)8-4-16)28(39-22)38-20-11-9-19(31)10-12-20/h1-12,22,24-26,28-31,34-35H,13-14H2. The zero-order valence-electron chi connectivity index (χ0n) is 20.8. The molecule has 40 heavy (non-hydrogen) atoms. The number of carbonyl (C=O) groups excluding carboxylic acids is 3. The van der Waals surface area contributed by atoms with E-state index in [4.69, 9.17) is 18.9 Å². The second-order valence-electron chi connectivity index (χ2n) is 8.88. The molecule has 0 amide bonds. The first-order chi connectivity index (χ1) is 19.1. The third-order valence-electron chi connectivity index (χ3n) is 5.98. The highest BCUT2D eigenvalue weighted by atomic mass is 16.7. The molecular formula is C28H26O12. The Kier molecular flexibility index (Phi) is 8.84. The molecule has 1 heterocycles. The number of rotatable bonds is 9. The summed E-state index contributed by atoms with van der Waals surface area (Å²) in [5, 5.41) is 49.8. The summed E-state index contributed by atoms with van der Waals surface area (Å²) in [4.78, 5) is 37.3. The van der Waals surface area contributed by atoms with Crippen LogP contribution in [0.4, 0.5) is 0 Å². The van der Waals surface area contributed by atoms with Crippen LogP contribution in [0, 0.1) is 0 Å². The number of aromatic hydroxyl groups is 3. The molecule has 1 aliphatic rings. The first kappa shape index (κ1) is 28.4. The van der Waals surface area contributed by atoms with Gasteiger partial charge in [-0.3, -0.25) is 9.59 Å². The van der Waals surface area contributed by atoms with E-state index in [2.05, 4.69) is 0 Å². The molecule has 1 saturated heterocycles. The van der Waals surface area contributed by atoms with E-state index in [0.717, 1.165) is 0 Å². The second-order valence-corrected chi connectivity index (χ2v) is 8.88. The van der Waals surface area contributed by atoms with Gasteiger partial charge >= 0.3 is 11.9 Å². The van der Waals surface area contributed by atoms with Crippen molar-refractivity contribution in [1.29, 1.82) is 0 Å². The summed E-state index contributed by atoms with van der Waals surface area (Å²) in [6.45, 7) is -0.575. The van der Waals surface area contributed by atoms with Crippen molar-refractivity contribution in [3.8, 4) is 23.0 Å².